The molecule has 2 rings (SSSR count). The first kappa shape index (κ1) is 14.0. The van der Waals surface area contributed by atoms with Gasteiger partial charge in [-0.2, -0.15) is 0 Å². The zero-order chi connectivity index (χ0) is 13.7. The van der Waals surface area contributed by atoms with Gasteiger partial charge in [-0.05, 0) is 19.4 Å². The molecule has 0 aliphatic carbocycles. The van der Waals surface area contributed by atoms with E-state index in [9.17, 15) is 4.79 Å². The Hall–Kier alpha value is -1.39. The van der Waals surface area contributed by atoms with Crippen LogP contribution in [-0.2, 0) is 4.79 Å². The van der Waals surface area contributed by atoms with E-state index in [0.29, 0.717) is 12.1 Å². The van der Waals surface area contributed by atoms with Crippen LogP contribution in [0.5, 0.6) is 0 Å². The second-order valence-corrected chi connectivity index (χ2v) is 5.10. The summed E-state index contributed by atoms with van der Waals surface area (Å²) in [6, 6.07) is 1.03. The first-order valence-corrected chi connectivity index (χ1v) is 6.96. The van der Waals surface area contributed by atoms with E-state index in [-0.39, 0.29) is 5.91 Å². The summed E-state index contributed by atoms with van der Waals surface area (Å²) in [5.41, 5.74) is 0.742. The van der Waals surface area contributed by atoms with Gasteiger partial charge in [0.1, 0.15) is 0 Å². The number of rotatable bonds is 5. The Bertz CT molecular complexity index is 396. The third kappa shape index (κ3) is 3.55. The molecule has 1 unspecified atom stereocenters. The maximum atomic E-state index is 12.3. The lowest BCUT2D eigenvalue weighted by Gasteiger charge is -2.31. The molecule has 2 aliphatic rings. The maximum absolute atomic E-state index is 12.3. The SMILES string of the molecule is C=C/C=C\C(=C/C)C(=O)N1CCC(NC2CNC2)C1. The number of carbonyl (C=O) groups is 1. The van der Waals surface area contributed by atoms with Crippen LogP contribution in [0.1, 0.15) is 13.3 Å². The van der Waals surface area contributed by atoms with Gasteiger partial charge in [-0.15, -0.1) is 0 Å². The number of hydrogen-bond acceptors (Lipinski definition) is 3. The molecule has 1 amide bonds. The molecule has 2 aliphatic heterocycles. The van der Waals surface area contributed by atoms with Gasteiger partial charge in [0, 0.05) is 43.8 Å². The quantitative estimate of drug-likeness (QED) is 0.569. The fourth-order valence-electron chi connectivity index (χ4n) is 2.47. The zero-order valence-electron chi connectivity index (χ0n) is 11.6. The van der Waals surface area contributed by atoms with Crippen LogP contribution < -0.4 is 10.6 Å². The number of likely N-dealkylation sites (tertiary alicyclic amines) is 1. The summed E-state index contributed by atoms with van der Waals surface area (Å²) in [6.45, 7) is 9.28. The predicted octanol–water partition coefficient (Wildman–Crippen LogP) is 0.837. The van der Waals surface area contributed by atoms with Crippen LogP contribution in [-0.4, -0.2) is 49.1 Å². The molecule has 0 bridgehead atoms. The number of amides is 1. The third-order valence-corrected chi connectivity index (χ3v) is 3.70. The summed E-state index contributed by atoms with van der Waals surface area (Å²) in [5, 5.41) is 6.84. The van der Waals surface area contributed by atoms with E-state index in [1.165, 1.54) is 0 Å². The van der Waals surface area contributed by atoms with Gasteiger partial charge in [0.05, 0.1) is 0 Å². The molecule has 2 fully saturated rings. The first-order chi connectivity index (χ1) is 9.24. The van der Waals surface area contributed by atoms with E-state index in [1.54, 1.807) is 12.2 Å². The Kier molecular flexibility index (Phi) is 4.93. The van der Waals surface area contributed by atoms with Crippen LogP contribution in [0.25, 0.3) is 0 Å². The molecule has 0 radical (unpaired) electrons. The largest absolute Gasteiger partial charge is 0.337 e. The van der Waals surface area contributed by atoms with Crippen LogP contribution in [0, 0.1) is 0 Å². The zero-order valence-corrected chi connectivity index (χ0v) is 11.6. The number of carbonyl (C=O) groups excluding carboxylic acids is 1. The van der Waals surface area contributed by atoms with E-state index in [0.717, 1.165) is 38.2 Å². The molecule has 2 saturated heterocycles. The van der Waals surface area contributed by atoms with Gasteiger partial charge >= 0.3 is 0 Å². The molecule has 104 valence electrons. The Morgan fingerprint density at radius 3 is 2.79 bits per heavy atom. The minimum Gasteiger partial charge on any atom is -0.337 e. The predicted molar refractivity (Wildman–Crippen MR) is 77.9 cm³/mol. The molecule has 0 spiro atoms. The topological polar surface area (TPSA) is 44.4 Å². The lowest BCUT2D eigenvalue weighted by atomic mass is 10.1. The van der Waals surface area contributed by atoms with E-state index in [1.807, 2.05) is 24.0 Å². The second-order valence-electron chi connectivity index (χ2n) is 5.10. The fraction of sp³-hybridized carbons (Fsp3) is 0.533. The molecule has 2 N–H and O–H groups in total. The van der Waals surface area contributed by atoms with Crippen molar-refractivity contribution in [3.8, 4) is 0 Å². The van der Waals surface area contributed by atoms with Crippen LogP contribution in [0.2, 0.25) is 0 Å². The Morgan fingerprint density at radius 2 is 2.21 bits per heavy atom. The molecule has 1 atom stereocenters. The molecule has 4 heteroatoms. The highest BCUT2D eigenvalue weighted by Gasteiger charge is 2.29. The van der Waals surface area contributed by atoms with Gasteiger partial charge in [0.25, 0.3) is 5.91 Å². The van der Waals surface area contributed by atoms with Crippen molar-refractivity contribution >= 4 is 5.91 Å². The highest BCUT2D eigenvalue weighted by Crippen LogP contribution is 2.14. The van der Waals surface area contributed by atoms with Crippen LogP contribution in [0.3, 0.4) is 0 Å². The summed E-state index contributed by atoms with van der Waals surface area (Å²) in [6.07, 6.45) is 8.23. The molecule has 0 aromatic heterocycles. The Balaban J connectivity index is 1.86. The Morgan fingerprint density at radius 1 is 1.42 bits per heavy atom. The normalized spacial score (nSPS) is 24.8. The van der Waals surface area contributed by atoms with Gasteiger partial charge in [-0.25, -0.2) is 0 Å². The minimum absolute atomic E-state index is 0.122. The molecule has 19 heavy (non-hydrogen) atoms. The van der Waals surface area contributed by atoms with Crippen LogP contribution in [0.4, 0.5) is 0 Å². The molecule has 0 aromatic rings. The Labute approximate surface area is 115 Å². The van der Waals surface area contributed by atoms with E-state index in [4.69, 9.17) is 0 Å². The van der Waals surface area contributed by atoms with Gasteiger partial charge in [-0.3, -0.25) is 4.79 Å². The average Bonchev–Trinajstić information content (AvgIpc) is 2.83. The van der Waals surface area contributed by atoms with Crippen molar-refractivity contribution in [2.75, 3.05) is 26.2 Å². The van der Waals surface area contributed by atoms with Crippen LogP contribution in [0.15, 0.2) is 36.5 Å². The summed E-state index contributed by atoms with van der Waals surface area (Å²) >= 11 is 0. The molecule has 4 nitrogen and oxygen atoms in total. The minimum atomic E-state index is 0.122. The molecule has 2 heterocycles. The van der Waals surface area contributed by atoms with Gasteiger partial charge < -0.3 is 15.5 Å². The standard InChI is InChI=1S/C15H23N3O/c1-3-5-6-12(4-2)15(19)18-8-7-13(11-18)17-14-9-16-10-14/h3-6,13-14,16-17H,1,7-11H2,2H3/b6-5-,12-4+. The lowest BCUT2D eigenvalue weighted by Crippen LogP contribution is -2.58. The number of allylic oxidation sites excluding steroid dienone is 3. The summed E-state index contributed by atoms with van der Waals surface area (Å²) in [5.74, 6) is 0.122. The smallest absolute Gasteiger partial charge is 0.253 e. The maximum Gasteiger partial charge on any atom is 0.253 e. The monoisotopic (exact) mass is 261 g/mol. The van der Waals surface area contributed by atoms with Gasteiger partial charge in [-0.1, -0.05) is 24.8 Å². The summed E-state index contributed by atoms with van der Waals surface area (Å²) in [7, 11) is 0. The van der Waals surface area contributed by atoms with Gasteiger partial charge in [0.15, 0.2) is 0 Å². The number of hydrogen-bond donors (Lipinski definition) is 2. The van der Waals surface area contributed by atoms with Gasteiger partial charge in [0.2, 0.25) is 0 Å². The second kappa shape index (κ2) is 6.68. The highest BCUT2D eigenvalue weighted by atomic mass is 16.2. The van der Waals surface area contributed by atoms with Crippen molar-refractivity contribution in [2.45, 2.75) is 25.4 Å². The molecular weight excluding hydrogens is 238 g/mol. The lowest BCUT2D eigenvalue weighted by molar-refractivity contribution is -0.125. The molecule has 0 saturated carbocycles. The summed E-state index contributed by atoms with van der Waals surface area (Å²) in [4.78, 5) is 14.3. The van der Waals surface area contributed by atoms with Crippen molar-refractivity contribution in [2.24, 2.45) is 0 Å². The van der Waals surface area contributed by atoms with Crippen molar-refractivity contribution in [1.82, 2.24) is 15.5 Å². The number of nitrogens with one attached hydrogen (secondary N) is 2. The number of nitrogens with zero attached hydrogens (tertiary/aromatic N) is 1. The van der Waals surface area contributed by atoms with Crippen LogP contribution >= 0.6 is 0 Å². The van der Waals surface area contributed by atoms with Crippen molar-refractivity contribution in [1.29, 1.82) is 0 Å². The van der Waals surface area contributed by atoms with Crippen molar-refractivity contribution in [3.63, 3.8) is 0 Å². The summed E-state index contributed by atoms with van der Waals surface area (Å²) < 4.78 is 0. The van der Waals surface area contributed by atoms with E-state index >= 15 is 0 Å². The van der Waals surface area contributed by atoms with E-state index in [2.05, 4.69) is 17.2 Å². The molecular formula is C15H23N3O. The third-order valence-electron chi connectivity index (χ3n) is 3.70. The average molecular weight is 261 g/mol. The highest BCUT2D eigenvalue weighted by molar-refractivity contribution is 5.96. The fourth-order valence-corrected chi connectivity index (χ4v) is 2.47. The van der Waals surface area contributed by atoms with E-state index < -0.39 is 0 Å². The van der Waals surface area contributed by atoms with Crippen molar-refractivity contribution < 1.29 is 4.79 Å². The van der Waals surface area contributed by atoms with Crippen molar-refractivity contribution in [3.05, 3.63) is 36.5 Å². The first-order valence-electron chi connectivity index (χ1n) is 6.96. The molecule has 0 aromatic carbocycles.